The highest BCUT2D eigenvalue weighted by Crippen LogP contribution is 2.35. The van der Waals surface area contributed by atoms with Crippen molar-refractivity contribution in [2.75, 3.05) is 18.0 Å². The number of piperidine rings is 1. The Morgan fingerprint density at radius 1 is 1.03 bits per heavy atom. The Balaban J connectivity index is 1.79. The average molecular weight is 389 g/mol. The minimum atomic E-state index is -0.0837. The van der Waals surface area contributed by atoms with Gasteiger partial charge in [-0.1, -0.05) is 55.5 Å². The SMILES string of the molecule is CC(c1ccccc1)C(C1CCCNC1)N(C(=O)c1ccco1)c1ccccc1. The summed E-state index contributed by atoms with van der Waals surface area (Å²) >= 11 is 0. The van der Waals surface area contributed by atoms with Crippen molar-refractivity contribution in [2.45, 2.75) is 31.7 Å². The lowest BCUT2D eigenvalue weighted by Gasteiger charge is -2.42. The van der Waals surface area contributed by atoms with Gasteiger partial charge in [0.25, 0.3) is 5.91 Å². The fraction of sp³-hybridized carbons (Fsp3) is 0.320. The highest BCUT2D eigenvalue weighted by atomic mass is 16.3. The molecule has 2 heterocycles. The van der Waals surface area contributed by atoms with Crippen LogP contribution < -0.4 is 10.2 Å². The molecule has 0 aliphatic carbocycles. The van der Waals surface area contributed by atoms with Crippen molar-refractivity contribution < 1.29 is 9.21 Å². The minimum Gasteiger partial charge on any atom is -0.459 e. The maximum absolute atomic E-state index is 13.6. The zero-order chi connectivity index (χ0) is 20.1. The quantitative estimate of drug-likeness (QED) is 0.639. The molecule has 4 heteroatoms. The molecule has 3 atom stereocenters. The number of carbonyl (C=O) groups excluding carboxylic acids is 1. The monoisotopic (exact) mass is 388 g/mol. The summed E-state index contributed by atoms with van der Waals surface area (Å²) < 4.78 is 5.51. The number of anilines is 1. The topological polar surface area (TPSA) is 45.5 Å². The summed E-state index contributed by atoms with van der Waals surface area (Å²) in [5.74, 6) is 0.834. The first-order chi connectivity index (χ1) is 14.3. The van der Waals surface area contributed by atoms with Gasteiger partial charge in [0, 0.05) is 17.6 Å². The third kappa shape index (κ3) is 4.28. The van der Waals surface area contributed by atoms with E-state index in [1.54, 1.807) is 18.4 Å². The molecule has 1 amide bonds. The standard InChI is InChI=1S/C25H28N2O2/c1-19(20-10-4-2-5-11-20)24(21-12-8-16-26-18-21)27(22-13-6-3-7-14-22)25(28)23-15-9-17-29-23/h2-7,9-11,13-15,17,19,21,24,26H,8,12,16,18H2,1H3. The number of nitrogens with zero attached hydrogens (tertiary/aromatic N) is 1. The van der Waals surface area contributed by atoms with Gasteiger partial charge in [0.1, 0.15) is 0 Å². The van der Waals surface area contributed by atoms with E-state index < -0.39 is 0 Å². The molecule has 1 aromatic heterocycles. The molecule has 3 unspecified atom stereocenters. The molecule has 0 saturated carbocycles. The van der Waals surface area contributed by atoms with Crippen LogP contribution in [0.2, 0.25) is 0 Å². The van der Waals surface area contributed by atoms with Gasteiger partial charge in [-0.3, -0.25) is 4.79 Å². The van der Waals surface area contributed by atoms with Gasteiger partial charge in [0.15, 0.2) is 5.76 Å². The molecule has 1 aliphatic rings. The first kappa shape index (κ1) is 19.5. The summed E-state index contributed by atoms with van der Waals surface area (Å²) in [5.41, 5.74) is 2.16. The number of hydrogen-bond acceptors (Lipinski definition) is 3. The molecule has 150 valence electrons. The Morgan fingerprint density at radius 2 is 1.76 bits per heavy atom. The van der Waals surface area contributed by atoms with Gasteiger partial charge in [-0.2, -0.15) is 0 Å². The number of carbonyl (C=O) groups is 1. The van der Waals surface area contributed by atoms with Crippen molar-refractivity contribution in [1.29, 1.82) is 0 Å². The molecule has 0 radical (unpaired) electrons. The summed E-state index contributed by atoms with van der Waals surface area (Å²) in [4.78, 5) is 15.6. The second-order valence-corrected chi connectivity index (χ2v) is 7.78. The number of para-hydroxylation sites is 1. The maximum atomic E-state index is 13.6. The molecule has 0 spiro atoms. The van der Waals surface area contributed by atoms with Gasteiger partial charge >= 0.3 is 0 Å². The molecule has 4 nitrogen and oxygen atoms in total. The zero-order valence-electron chi connectivity index (χ0n) is 16.8. The van der Waals surface area contributed by atoms with Crippen LogP contribution in [0.15, 0.2) is 83.5 Å². The van der Waals surface area contributed by atoms with E-state index in [1.165, 1.54) is 5.56 Å². The normalized spacial score (nSPS) is 18.7. The molecule has 1 fully saturated rings. The smallest absolute Gasteiger partial charge is 0.294 e. The number of hydrogen-bond donors (Lipinski definition) is 1. The lowest BCUT2D eigenvalue weighted by Crippen LogP contribution is -2.51. The maximum Gasteiger partial charge on any atom is 0.294 e. The molecule has 29 heavy (non-hydrogen) atoms. The molecule has 1 aliphatic heterocycles. The van der Waals surface area contributed by atoms with Crippen LogP contribution in [0.3, 0.4) is 0 Å². The van der Waals surface area contributed by atoms with Crippen LogP contribution in [-0.2, 0) is 0 Å². The van der Waals surface area contributed by atoms with Gasteiger partial charge in [-0.15, -0.1) is 0 Å². The molecule has 1 saturated heterocycles. The number of benzene rings is 2. The number of nitrogens with one attached hydrogen (secondary N) is 1. The molecule has 4 rings (SSSR count). The zero-order valence-corrected chi connectivity index (χ0v) is 16.8. The summed E-state index contributed by atoms with van der Waals surface area (Å²) in [7, 11) is 0. The molecule has 2 aromatic carbocycles. The van der Waals surface area contributed by atoms with E-state index in [9.17, 15) is 4.79 Å². The van der Waals surface area contributed by atoms with Crippen molar-refractivity contribution in [3.8, 4) is 0 Å². The predicted molar refractivity (Wildman–Crippen MR) is 116 cm³/mol. The van der Waals surface area contributed by atoms with E-state index in [4.69, 9.17) is 4.42 Å². The fourth-order valence-electron chi connectivity index (χ4n) is 4.50. The van der Waals surface area contributed by atoms with Crippen LogP contribution in [0.5, 0.6) is 0 Å². The van der Waals surface area contributed by atoms with Crippen LogP contribution in [-0.4, -0.2) is 25.0 Å². The van der Waals surface area contributed by atoms with Crippen molar-refractivity contribution in [2.24, 2.45) is 5.92 Å². The predicted octanol–water partition coefficient (Wildman–Crippen LogP) is 5.10. The van der Waals surface area contributed by atoms with Crippen molar-refractivity contribution in [3.05, 3.63) is 90.4 Å². The van der Waals surface area contributed by atoms with Crippen molar-refractivity contribution in [3.63, 3.8) is 0 Å². The van der Waals surface area contributed by atoms with Crippen molar-refractivity contribution in [1.82, 2.24) is 5.32 Å². The number of furan rings is 1. The largest absolute Gasteiger partial charge is 0.459 e. The summed E-state index contributed by atoms with van der Waals surface area (Å²) in [6, 6.07) is 24.0. The van der Waals surface area contributed by atoms with Gasteiger partial charge in [-0.05, 0) is 61.7 Å². The first-order valence-corrected chi connectivity index (χ1v) is 10.4. The number of rotatable bonds is 6. The lowest BCUT2D eigenvalue weighted by molar-refractivity contribution is 0.0930. The van der Waals surface area contributed by atoms with E-state index in [1.807, 2.05) is 41.3 Å². The molecule has 3 aromatic rings. The van der Waals surface area contributed by atoms with Crippen LogP contribution >= 0.6 is 0 Å². The third-order valence-corrected chi connectivity index (χ3v) is 5.94. The summed E-state index contributed by atoms with van der Waals surface area (Å²) in [5, 5.41) is 3.54. The van der Waals surface area contributed by atoms with Gasteiger partial charge in [0.2, 0.25) is 0 Å². The molecular weight excluding hydrogens is 360 g/mol. The van der Waals surface area contributed by atoms with E-state index >= 15 is 0 Å². The van der Waals surface area contributed by atoms with Crippen LogP contribution in [0.1, 0.15) is 41.8 Å². The summed E-state index contributed by atoms with van der Waals surface area (Å²) in [6.45, 7) is 4.19. The summed E-state index contributed by atoms with van der Waals surface area (Å²) in [6.07, 6.45) is 3.79. The Hall–Kier alpha value is -2.85. The Morgan fingerprint density at radius 3 is 2.38 bits per heavy atom. The van der Waals surface area contributed by atoms with Crippen molar-refractivity contribution >= 4 is 11.6 Å². The van der Waals surface area contributed by atoms with Gasteiger partial charge in [-0.25, -0.2) is 0 Å². The first-order valence-electron chi connectivity index (χ1n) is 10.4. The Kier molecular flexibility index (Phi) is 6.11. The highest BCUT2D eigenvalue weighted by molar-refractivity contribution is 6.04. The van der Waals surface area contributed by atoms with Crippen LogP contribution in [0.4, 0.5) is 5.69 Å². The van der Waals surface area contributed by atoms with E-state index in [2.05, 4.69) is 36.5 Å². The minimum absolute atomic E-state index is 0.0187. The fourth-order valence-corrected chi connectivity index (χ4v) is 4.50. The van der Waals surface area contributed by atoms with Crippen LogP contribution in [0, 0.1) is 5.92 Å². The second kappa shape index (κ2) is 9.10. The van der Waals surface area contributed by atoms with E-state index in [0.717, 1.165) is 31.6 Å². The Labute approximate surface area is 172 Å². The molecule has 0 bridgehead atoms. The Bertz CT molecular complexity index is 887. The third-order valence-electron chi connectivity index (χ3n) is 5.94. The lowest BCUT2D eigenvalue weighted by atomic mass is 9.79. The number of amides is 1. The molecule has 1 N–H and O–H groups in total. The van der Waals surface area contributed by atoms with Gasteiger partial charge in [0.05, 0.1) is 6.26 Å². The van der Waals surface area contributed by atoms with E-state index in [0.29, 0.717) is 11.7 Å². The second-order valence-electron chi connectivity index (χ2n) is 7.78. The van der Waals surface area contributed by atoms with E-state index in [-0.39, 0.29) is 17.9 Å². The van der Waals surface area contributed by atoms with Crippen LogP contribution in [0.25, 0.3) is 0 Å². The highest BCUT2D eigenvalue weighted by Gasteiger charge is 2.38. The molecular formula is C25H28N2O2. The average Bonchev–Trinajstić information content (AvgIpc) is 3.33. The van der Waals surface area contributed by atoms with Gasteiger partial charge < -0.3 is 14.6 Å².